The lowest BCUT2D eigenvalue weighted by atomic mass is 10.1. The molecule has 0 saturated heterocycles. The van der Waals surface area contributed by atoms with Gasteiger partial charge in [0.25, 0.3) is 0 Å². The van der Waals surface area contributed by atoms with Crippen molar-refractivity contribution in [1.82, 2.24) is 24.7 Å². The van der Waals surface area contributed by atoms with Crippen LogP contribution in [0.1, 0.15) is 24.3 Å². The Balaban J connectivity index is 1.70. The van der Waals surface area contributed by atoms with Gasteiger partial charge in [0, 0.05) is 18.0 Å². The highest BCUT2D eigenvalue weighted by Gasteiger charge is 2.18. The Bertz CT molecular complexity index is 886. The summed E-state index contributed by atoms with van der Waals surface area (Å²) >= 11 is 1.45. The number of hydrogen-bond donors (Lipinski definition) is 1. The molecule has 3 rings (SSSR count). The number of amides is 1. The van der Waals surface area contributed by atoms with Crippen LogP contribution >= 0.6 is 11.3 Å². The maximum atomic E-state index is 12.5. The van der Waals surface area contributed by atoms with Gasteiger partial charge >= 0.3 is 0 Å². The van der Waals surface area contributed by atoms with Crippen molar-refractivity contribution in [1.29, 1.82) is 0 Å². The minimum absolute atomic E-state index is 0.0583. The molecule has 0 aliphatic carbocycles. The van der Waals surface area contributed by atoms with E-state index in [0.29, 0.717) is 12.4 Å². The first-order valence-corrected chi connectivity index (χ1v) is 8.82. The first-order valence-electron chi connectivity index (χ1n) is 8.00. The molecule has 0 radical (unpaired) electrons. The number of nitrogens with zero attached hydrogens (tertiary/aromatic N) is 5. The largest absolute Gasteiger partial charge is 0.316 e. The van der Waals surface area contributed by atoms with Gasteiger partial charge in [0.2, 0.25) is 5.91 Å². The predicted molar refractivity (Wildman–Crippen MR) is 97.4 cm³/mol. The topological polar surface area (TPSA) is 85.6 Å². The zero-order chi connectivity index (χ0) is 18.0. The molecule has 1 amide bonds. The van der Waals surface area contributed by atoms with Gasteiger partial charge < -0.3 is 5.32 Å². The molecule has 0 aliphatic rings. The molecule has 7 nitrogen and oxygen atoms in total. The van der Waals surface area contributed by atoms with E-state index in [1.165, 1.54) is 11.3 Å². The predicted octanol–water partition coefficient (Wildman–Crippen LogP) is 3.00. The van der Waals surface area contributed by atoms with E-state index < -0.39 is 0 Å². The lowest BCUT2D eigenvalue weighted by molar-refractivity contribution is -0.119. The van der Waals surface area contributed by atoms with Gasteiger partial charge in [0.15, 0.2) is 0 Å². The summed E-state index contributed by atoms with van der Waals surface area (Å²) in [6, 6.07) is 3.82. The Morgan fingerprint density at radius 3 is 2.76 bits per heavy atom. The fraction of sp³-hybridized carbons (Fsp3) is 0.353. The van der Waals surface area contributed by atoms with Gasteiger partial charge in [-0.25, -0.2) is 14.6 Å². The lowest BCUT2D eigenvalue weighted by Gasteiger charge is -2.12. The van der Waals surface area contributed by atoms with Crippen LogP contribution in [0.2, 0.25) is 0 Å². The normalized spacial score (nSPS) is 12.2. The average Bonchev–Trinajstić information content (AvgIpc) is 3.10. The summed E-state index contributed by atoms with van der Waals surface area (Å²) in [5.74, 6) is 1.23. The Morgan fingerprint density at radius 2 is 2.12 bits per heavy atom. The Labute approximate surface area is 150 Å². The quantitative estimate of drug-likeness (QED) is 0.759. The monoisotopic (exact) mass is 356 g/mol. The van der Waals surface area contributed by atoms with Crippen molar-refractivity contribution in [2.45, 2.75) is 34.2 Å². The van der Waals surface area contributed by atoms with Crippen LogP contribution in [0, 0.1) is 26.7 Å². The molecule has 3 heterocycles. The number of rotatable bonds is 5. The van der Waals surface area contributed by atoms with Crippen molar-refractivity contribution in [2.24, 2.45) is 5.92 Å². The van der Waals surface area contributed by atoms with Crippen LogP contribution in [0.15, 0.2) is 24.5 Å². The summed E-state index contributed by atoms with van der Waals surface area (Å²) < 4.78 is 1.76. The summed E-state index contributed by atoms with van der Waals surface area (Å²) in [5.41, 5.74) is 1.75. The molecule has 0 saturated carbocycles. The molecule has 3 aromatic heterocycles. The summed E-state index contributed by atoms with van der Waals surface area (Å²) in [7, 11) is 0. The molecule has 25 heavy (non-hydrogen) atoms. The van der Waals surface area contributed by atoms with Crippen molar-refractivity contribution in [3.05, 3.63) is 41.9 Å². The third kappa shape index (κ3) is 3.90. The number of hydrogen-bond acceptors (Lipinski definition) is 6. The van der Waals surface area contributed by atoms with Crippen LogP contribution in [-0.2, 0) is 11.3 Å². The van der Waals surface area contributed by atoms with Crippen LogP contribution < -0.4 is 5.32 Å². The summed E-state index contributed by atoms with van der Waals surface area (Å²) in [6.07, 6.45) is 3.49. The molecule has 1 N–H and O–H groups in total. The summed E-state index contributed by atoms with van der Waals surface area (Å²) in [6.45, 7) is 7.99. The minimum Gasteiger partial charge on any atom is -0.316 e. The van der Waals surface area contributed by atoms with E-state index in [2.05, 4.69) is 25.4 Å². The van der Waals surface area contributed by atoms with Crippen LogP contribution in [-0.4, -0.2) is 30.6 Å². The Hall–Kier alpha value is -2.61. The number of carbonyl (C=O) groups is 1. The van der Waals surface area contributed by atoms with Gasteiger partial charge in [-0.3, -0.25) is 9.78 Å². The van der Waals surface area contributed by atoms with E-state index in [4.69, 9.17) is 0 Å². The number of nitrogens with one attached hydrogen (secondary N) is 1. The van der Waals surface area contributed by atoms with E-state index in [9.17, 15) is 4.79 Å². The first kappa shape index (κ1) is 17.2. The van der Waals surface area contributed by atoms with Crippen molar-refractivity contribution < 1.29 is 4.79 Å². The van der Waals surface area contributed by atoms with Crippen LogP contribution in [0.25, 0.3) is 10.6 Å². The smallest absolute Gasteiger partial charge is 0.229 e. The number of thiazole rings is 1. The van der Waals surface area contributed by atoms with E-state index in [0.717, 1.165) is 27.1 Å². The SMILES string of the molecule is Cc1nc(C)n(CC(C)C(=O)Nc2sc(-c3cccnc3)nc2C)n1. The molecule has 3 aromatic rings. The van der Waals surface area contributed by atoms with Gasteiger partial charge in [-0.2, -0.15) is 5.10 Å². The van der Waals surface area contributed by atoms with Gasteiger partial charge in [0.1, 0.15) is 21.7 Å². The number of pyridine rings is 1. The third-order valence-electron chi connectivity index (χ3n) is 3.80. The number of aryl methyl sites for hydroxylation is 3. The summed E-state index contributed by atoms with van der Waals surface area (Å²) in [4.78, 5) is 25.4. The molecule has 8 heteroatoms. The van der Waals surface area contributed by atoms with Crippen molar-refractivity contribution in [3.8, 4) is 10.6 Å². The third-order valence-corrected chi connectivity index (χ3v) is 4.92. The molecule has 0 spiro atoms. The van der Waals surface area contributed by atoms with Crippen LogP contribution in [0.5, 0.6) is 0 Å². The van der Waals surface area contributed by atoms with Crippen molar-refractivity contribution >= 4 is 22.2 Å². The fourth-order valence-corrected chi connectivity index (χ4v) is 3.40. The standard InChI is InChI=1S/C17H20N6OS/c1-10(9-23-13(4)20-12(3)22-23)15(24)21-16-11(2)19-17(25-16)14-6-5-7-18-8-14/h5-8,10H,9H2,1-4H3,(H,21,24). The van der Waals surface area contributed by atoms with E-state index in [1.807, 2.05) is 39.8 Å². The van der Waals surface area contributed by atoms with Crippen molar-refractivity contribution in [2.75, 3.05) is 5.32 Å². The highest BCUT2D eigenvalue weighted by atomic mass is 32.1. The molecule has 1 atom stereocenters. The van der Waals surface area contributed by atoms with E-state index in [1.54, 1.807) is 17.1 Å². The highest BCUT2D eigenvalue weighted by molar-refractivity contribution is 7.19. The Morgan fingerprint density at radius 1 is 1.32 bits per heavy atom. The average molecular weight is 356 g/mol. The molecular weight excluding hydrogens is 336 g/mol. The van der Waals surface area contributed by atoms with Gasteiger partial charge in [0.05, 0.1) is 18.2 Å². The Kier molecular flexibility index (Phi) is 4.89. The maximum absolute atomic E-state index is 12.5. The maximum Gasteiger partial charge on any atom is 0.229 e. The van der Waals surface area contributed by atoms with Gasteiger partial charge in [-0.1, -0.05) is 18.3 Å². The second kappa shape index (κ2) is 7.10. The van der Waals surface area contributed by atoms with Crippen LogP contribution in [0.4, 0.5) is 5.00 Å². The molecule has 0 fully saturated rings. The highest BCUT2D eigenvalue weighted by Crippen LogP contribution is 2.31. The first-order chi connectivity index (χ1) is 11.9. The number of aromatic nitrogens is 5. The molecule has 130 valence electrons. The van der Waals surface area contributed by atoms with Crippen LogP contribution in [0.3, 0.4) is 0 Å². The summed E-state index contributed by atoms with van der Waals surface area (Å²) in [5, 5.41) is 8.90. The van der Waals surface area contributed by atoms with E-state index >= 15 is 0 Å². The number of anilines is 1. The molecule has 0 bridgehead atoms. The molecular formula is C17H20N6OS. The second-order valence-corrected chi connectivity index (χ2v) is 6.95. The van der Waals surface area contributed by atoms with Gasteiger partial charge in [-0.05, 0) is 32.9 Å². The van der Waals surface area contributed by atoms with Crippen molar-refractivity contribution in [3.63, 3.8) is 0 Å². The molecule has 0 aromatic carbocycles. The minimum atomic E-state index is -0.233. The van der Waals surface area contributed by atoms with E-state index in [-0.39, 0.29) is 11.8 Å². The lowest BCUT2D eigenvalue weighted by Crippen LogP contribution is -2.25. The zero-order valence-electron chi connectivity index (χ0n) is 14.6. The molecule has 1 unspecified atom stereocenters. The van der Waals surface area contributed by atoms with Gasteiger partial charge in [-0.15, -0.1) is 0 Å². The fourth-order valence-electron chi connectivity index (χ4n) is 2.44. The molecule has 0 aliphatic heterocycles. The number of carbonyl (C=O) groups excluding carboxylic acids is 1. The zero-order valence-corrected chi connectivity index (χ0v) is 15.5. The second-order valence-electron chi connectivity index (χ2n) is 5.95.